The van der Waals surface area contributed by atoms with E-state index in [1.165, 1.54) is 23.1 Å². The summed E-state index contributed by atoms with van der Waals surface area (Å²) in [7, 11) is 0. The van der Waals surface area contributed by atoms with Crippen molar-refractivity contribution in [1.82, 2.24) is 0 Å². The molecule has 0 aliphatic rings. The molecule has 1 aromatic carbocycles. The fourth-order valence-corrected chi connectivity index (χ4v) is 2.15. The van der Waals surface area contributed by atoms with E-state index in [9.17, 15) is 0 Å². The minimum Gasteiger partial charge on any atom is -0.0807 e. The second-order valence-corrected chi connectivity index (χ2v) is 5.15. The molecule has 0 bridgehead atoms. The maximum atomic E-state index is 2.35. The van der Waals surface area contributed by atoms with E-state index in [1.807, 2.05) is 0 Å². The van der Waals surface area contributed by atoms with Crippen LogP contribution in [0.2, 0.25) is 0 Å². The first kappa shape index (κ1) is 14.0. The highest BCUT2D eigenvalue weighted by Gasteiger charge is 2.07. The fraction of sp³-hybridized carbons (Fsp3) is 0.529. The van der Waals surface area contributed by atoms with Crippen molar-refractivity contribution in [2.45, 2.75) is 53.4 Å². The van der Waals surface area contributed by atoms with E-state index < -0.39 is 0 Å². The zero-order valence-corrected chi connectivity index (χ0v) is 12.0. The average Bonchev–Trinajstić information content (AvgIpc) is 2.35. The molecule has 0 heteroatoms. The Bertz CT molecular complexity index is 354. The van der Waals surface area contributed by atoms with Gasteiger partial charge in [0.1, 0.15) is 0 Å². The molecule has 1 atom stereocenters. The Kier molecular flexibility index (Phi) is 5.47. The van der Waals surface area contributed by atoms with Crippen LogP contribution in [0.4, 0.5) is 0 Å². The van der Waals surface area contributed by atoms with Crippen molar-refractivity contribution in [3.8, 4) is 0 Å². The molecule has 94 valence electrons. The lowest BCUT2D eigenvalue weighted by Gasteiger charge is -2.14. The number of rotatable bonds is 5. The van der Waals surface area contributed by atoms with Crippen molar-refractivity contribution in [3.05, 3.63) is 41.5 Å². The number of hydrogen-bond acceptors (Lipinski definition) is 0. The van der Waals surface area contributed by atoms with E-state index in [0.717, 1.165) is 6.42 Å². The summed E-state index contributed by atoms with van der Waals surface area (Å²) in [5.41, 5.74) is 4.31. The van der Waals surface area contributed by atoms with E-state index >= 15 is 0 Å². The summed E-state index contributed by atoms with van der Waals surface area (Å²) in [6.07, 6.45) is 4.67. The minimum atomic E-state index is 0.601. The van der Waals surface area contributed by atoms with Gasteiger partial charge in [-0.05, 0) is 41.4 Å². The normalized spacial score (nSPS) is 14.1. The Morgan fingerprint density at radius 2 is 1.65 bits per heavy atom. The Morgan fingerprint density at radius 3 is 2.06 bits per heavy atom. The molecule has 0 saturated heterocycles. The highest BCUT2D eigenvalue weighted by Crippen LogP contribution is 2.26. The highest BCUT2D eigenvalue weighted by molar-refractivity contribution is 5.67. The maximum absolute atomic E-state index is 2.35. The molecule has 0 aliphatic heterocycles. The van der Waals surface area contributed by atoms with E-state index in [4.69, 9.17) is 0 Å². The molecule has 1 rings (SSSR count). The topological polar surface area (TPSA) is 0 Å². The van der Waals surface area contributed by atoms with Gasteiger partial charge in [-0.1, -0.05) is 65.0 Å². The second-order valence-electron chi connectivity index (χ2n) is 5.15. The van der Waals surface area contributed by atoms with Crippen molar-refractivity contribution in [2.75, 3.05) is 0 Å². The number of benzene rings is 1. The van der Waals surface area contributed by atoms with Crippen LogP contribution in [0.5, 0.6) is 0 Å². The lowest BCUT2D eigenvalue weighted by atomic mass is 9.91. The zero-order chi connectivity index (χ0) is 12.8. The van der Waals surface area contributed by atoms with E-state index in [-0.39, 0.29) is 0 Å². The van der Waals surface area contributed by atoms with E-state index in [0.29, 0.717) is 11.8 Å². The molecule has 1 unspecified atom stereocenters. The van der Waals surface area contributed by atoms with Crippen LogP contribution in [0.25, 0.3) is 5.57 Å². The van der Waals surface area contributed by atoms with Gasteiger partial charge in [0.2, 0.25) is 0 Å². The van der Waals surface area contributed by atoms with Crippen molar-refractivity contribution >= 4 is 5.57 Å². The largest absolute Gasteiger partial charge is 0.0807 e. The summed E-state index contributed by atoms with van der Waals surface area (Å²) in [5.74, 6) is 1.27. The van der Waals surface area contributed by atoms with Gasteiger partial charge in [0.15, 0.2) is 0 Å². The molecule has 0 aromatic heterocycles. The van der Waals surface area contributed by atoms with Crippen molar-refractivity contribution < 1.29 is 0 Å². The average molecular weight is 230 g/mol. The van der Waals surface area contributed by atoms with Gasteiger partial charge in [-0.25, -0.2) is 0 Å². The Balaban J connectivity index is 2.96. The van der Waals surface area contributed by atoms with E-state index in [2.05, 4.69) is 65.0 Å². The summed E-state index contributed by atoms with van der Waals surface area (Å²) < 4.78 is 0. The zero-order valence-electron chi connectivity index (χ0n) is 12.0. The third-order valence-electron chi connectivity index (χ3n) is 3.47. The third-order valence-corrected chi connectivity index (χ3v) is 3.47. The molecule has 0 heterocycles. The molecular weight excluding hydrogens is 204 g/mol. The summed E-state index contributed by atoms with van der Waals surface area (Å²) in [4.78, 5) is 0. The summed E-state index contributed by atoms with van der Waals surface area (Å²) in [6.45, 7) is 11.3. The Hall–Kier alpha value is -1.04. The third kappa shape index (κ3) is 3.73. The maximum Gasteiger partial charge on any atom is -0.0193 e. The smallest absolute Gasteiger partial charge is 0.0193 e. The van der Waals surface area contributed by atoms with Gasteiger partial charge < -0.3 is 0 Å². The fourth-order valence-electron chi connectivity index (χ4n) is 2.15. The molecule has 0 saturated carbocycles. The highest BCUT2D eigenvalue weighted by atomic mass is 14.1. The van der Waals surface area contributed by atoms with Crippen LogP contribution in [0.3, 0.4) is 0 Å². The molecule has 0 aliphatic carbocycles. The van der Waals surface area contributed by atoms with Gasteiger partial charge in [0.05, 0.1) is 0 Å². The van der Waals surface area contributed by atoms with Gasteiger partial charge in [0.25, 0.3) is 0 Å². The quantitative estimate of drug-likeness (QED) is 0.613. The molecule has 0 nitrogen and oxygen atoms in total. The lowest BCUT2D eigenvalue weighted by molar-refractivity contribution is 0.733. The van der Waals surface area contributed by atoms with Crippen LogP contribution in [-0.4, -0.2) is 0 Å². The van der Waals surface area contributed by atoms with Gasteiger partial charge in [0, 0.05) is 0 Å². The Labute approximate surface area is 107 Å². The van der Waals surface area contributed by atoms with E-state index in [1.54, 1.807) is 0 Å². The van der Waals surface area contributed by atoms with Crippen molar-refractivity contribution in [3.63, 3.8) is 0 Å². The SMILES string of the molecule is CCC=C(c1ccc(C(C)CC)cc1)C(C)C. The molecular formula is C17H26. The van der Waals surface area contributed by atoms with Crippen LogP contribution in [0.15, 0.2) is 30.3 Å². The Morgan fingerprint density at radius 1 is 1.06 bits per heavy atom. The van der Waals surface area contributed by atoms with Crippen LogP contribution >= 0.6 is 0 Å². The monoisotopic (exact) mass is 230 g/mol. The summed E-state index contributed by atoms with van der Waals surface area (Å²) in [5, 5.41) is 0. The predicted molar refractivity (Wildman–Crippen MR) is 78.3 cm³/mol. The van der Waals surface area contributed by atoms with Gasteiger partial charge in [-0.3, -0.25) is 0 Å². The molecule has 0 radical (unpaired) electrons. The van der Waals surface area contributed by atoms with Crippen LogP contribution in [0, 0.1) is 5.92 Å². The number of allylic oxidation sites excluding steroid dienone is 2. The first-order valence-corrected chi connectivity index (χ1v) is 6.90. The van der Waals surface area contributed by atoms with Crippen LogP contribution < -0.4 is 0 Å². The van der Waals surface area contributed by atoms with Crippen molar-refractivity contribution in [1.29, 1.82) is 0 Å². The predicted octanol–water partition coefficient (Wildman–Crippen LogP) is 5.65. The molecule has 0 spiro atoms. The minimum absolute atomic E-state index is 0.601. The first-order chi connectivity index (χ1) is 8.10. The molecule has 17 heavy (non-hydrogen) atoms. The van der Waals surface area contributed by atoms with Crippen LogP contribution in [-0.2, 0) is 0 Å². The molecule has 0 N–H and O–H groups in total. The molecule has 1 aromatic rings. The lowest BCUT2D eigenvalue weighted by Crippen LogP contribution is -1.96. The molecule has 0 amide bonds. The standard InChI is InChI=1S/C17H26/c1-6-8-17(13(3)4)16-11-9-15(10-12-16)14(5)7-2/h8-14H,6-7H2,1-5H3. The number of hydrogen-bond donors (Lipinski definition) is 0. The first-order valence-electron chi connectivity index (χ1n) is 6.90. The second kappa shape index (κ2) is 6.64. The summed E-state index contributed by atoms with van der Waals surface area (Å²) >= 11 is 0. The van der Waals surface area contributed by atoms with Crippen molar-refractivity contribution in [2.24, 2.45) is 5.92 Å². The summed E-state index contributed by atoms with van der Waals surface area (Å²) in [6, 6.07) is 9.14. The van der Waals surface area contributed by atoms with Gasteiger partial charge in [-0.2, -0.15) is 0 Å². The van der Waals surface area contributed by atoms with Crippen LogP contribution in [0.1, 0.15) is 64.5 Å². The van der Waals surface area contributed by atoms with Gasteiger partial charge in [-0.15, -0.1) is 0 Å². The van der Waals surface area contributed by atoms with Gasteiger partial charge >= 0.3 is 0 Å². The molecule has 0 fully saturated rings.